The quantitative estimate of drug-likeness (QED) is 0.879. The van der Waals surface area contributed by atoms with E-state index in [1.807, 2.05) is 23.1 Å². The van der Waals surface area contributed by atoms with Crippen molar-refractivity contribution in [1.82, 2.24) is 9.47 Å². The highest BCUT2D eigenvalue weighted by Crippen LogP contribution is 2.34. The van der Waals surface area contributed by atoms with Gasteiger partial charge in [0.1, 0.15) is 0 Å². The second kappa shape index (κ2) is 6.71. The van der Waals surface area contributed by atoms with Gasteiger partial charge in [0, 0.05) is 30.2 Å². The van der Waals surface area contributed by atoms with E-state index in [-0.39, 0.29) is 12.1 Å². The van der Waals surface area contributed by atoms with Crippen molar-refractivity contribution in [3.8, 4) is 0 Å². The van der Waals surface area contributed by atoms with E-state index in [9.17, 15) is 4.79 Å². The van der Waals surface area contributed by atoms with Crippen LogP contribution in [0.15, 0.2) is 36.4 Å². The van der Waals surface area contributed by atoms with Crippen molar-refractivity contribution in [2.24, 2.45) is 5.92 Å². The van der Waals surface area contributed by atoms with E-state index in [4.69, 9.17) is 0 Å². The Morgan fingerprint density at radius 1 is 1.21 bits per heavy atom. The minimum absolute atomic E-state index is 0.000275. The number of rotatable bonds is 3. The van der Waals surface area contributed by atoms with Gasteiger partial charge < -0.3 is 14.8 Å². The van der Waals surface area contributed by atoms with E-state index in [0.717, 1.165) is 25.2 Å². The molecule has 1 atom stereocenters. The number of hydrogen-bond acceptors (Lipinski definition) is 1. The average molecular weight is 325 g/mol. The number of nitrogens with one attached hydrogen (secondary N) is 1. The molecule has 0 aliphatic carbocycles. The smallest absolute Gasteiger partial charge is 0.322 e. The number of fused-ring (bicyclic) bond motifs is 1. The van der Waals surface area contributed by atoms with Crippen LogP contribution in [0.5, 0.6) is 0 Å². The molecule has 4 heteroatoms. The summed E-state index contributed by atoms with van der Waals surface area (Å²) in [6.45, 7) is 10.2. The molecule has 0 saturated carbocycles. The Morgan fingerprint density at radius 2 is 1.96 bits per heavy atom. The number of benzene rings is 1. The van der Waals surface area contributed by atoms with Crippen LogP contribution in [0.4, 0.5) is 10.5 Å². The van der Waals surface area contributed by atoms with E-state index in [1.54, 1.807) is 0 Å². The molecule has 1 aliphatic heterocycles. The summed E-state index contributed by atoms with van der Waals surface area (Å²) < 4.78 is 2.34. The van der Waals surface area contributed by atoms with Gasteiger partial charge >= 0.3 is 6.03 Å². The maximum absolute atomic E-state index is 13.0. The molecule has 1 aliphatic rings. The van der Waals surface area contributed by atoms with Crippen LogP contribution in [0.2, 0.25) is 0 Å². The number of aromatic nitrogens is 1. The Balaban J connectivity index is 1.86. The predicted octanol–water partition coefficient (Wildman–Crippen LogP) is 4.60. The number of hydrogen-bond donors (Lipinski definition) is 1. The largest absolute Gasteiger partial charge is 0.345 e. The lowest BCUT2D eigenvalue weighted by molar-refractivity contribution is 0.143. The zero-order chi connectivity index (χ0) is 17.3. The van der Waals surface area contributed by atoms with Gasteiger partial charge in [0.15, 0.2) is 0 Å². The monoisotopic (exact) mass is 325 g/mol. The molecule has 3 rings (SSSR count). The summed E-state index contributed by atoms with van der Waals surface area (Å²) in [5, 5.41) is 3.13. The Hall–Kier alpha value is -2.23. The number of anilines is 1. The first-order valence-corrected chi connectivity index (χ1v) is 8.84. The molecule has 1 aromatic carbocycles. The van der Waals surface area contributed by atoms with E-state index in [1.165, 1.54) is 17.0 Å². The van der Waals surface area contributed by atoms with Crippen molar-refractivity contribution in [2.75, 3.05) is 11.9 Å². The Morgan fingerprint density at radius 3 is 2.67 bits per heavy atom. The molecule has 0 saturated heterocycles. The lowest BCUT2D eigenvalue weighted by Gasteiger charge is -2.39. The van der Waals surface area contributed by atoms with E-state index < -0.39 is 0 Å². The molecule has 4 nitrogen and oxygen atoms in total. The maximum atomic E-state index is 13.0. The van der Waals surface area contributed by atoms with Gasteiger partial charge in [-0.15, -0.1) is 0 Å². The second-order valence-corrected chi connectivity index (χ2v) is 6.87. The molecule has 2 amide bonds. The molecule has 0 fully saturated rings. The summed E-state index contributed by atoms with van der Waals surface area (Å²) >= 11 is 0. The Kier molecular flexibility index (Phi) is 4.65. The fraction of sp³-hybridized carbons (Fsp3) is 0.450. The number of amides is 2. The number of nitrogens with zero attached hydrogens (tertiary/aromatic N) is 2. The topological polar surface area (TPSA) is 37.3 Å². The SMILES string of the molecule is CCc1ccccc1NC(=O)N1CCn2c(C)ccc2[C@H]1C(C)C. The lowest BCUT2D eigenvalue weighted by Crippen LogP contribution is -2.46. The zero-order valence-electron chi connectivity index (χ0n) is 15.0. The first kappa shape index (κ1) is 16.6. The Labute approximate surface area is 144 Å². The van der Waals surface area contributed by atoms with Crippen LogP contribution < -0.4 is 5.32 Å². The molecule has 128 valence electrons. The van der Waals surface area contributed by atoms with Crippen LogP contribution in [-0.2, 0) is 13.0 Å². The van der Waals surface area contributed by atoms with E-state index in [2.05, 4.69) is 55.8 Å². The highest BCUT2D eigenvalue weighted by atomic mass is 16.2. The molecule has 0 bridgehead atoms. The molecule has 1 N–H and O–H groups in total. The van der Waals surface area contributed by atoms with Crippen molar-refractivity contribution in [1.29, 1.82) is 0 Å². The molecule has 24 heavy (non-hydrogen) atoms. The zero-order valence-corrected chi connectivity index (χ0v) is 15.0. The van der Waals surface area contributed by atoms with Crippen LogP contribution in [-0.4, -0.2) is 22.0 Å². The van der Waals surface area contributed by atoms with Gasteiger partial charge in [0.2, 0.25) is 0 Å². The number of carbonyl (C=O) groups excluding carboxylic acids is 1. The summed E-state index contributed by atoms with van der Waals surface area (Å²) in [6, 6.07) is 12.5. The van der Waals surface area contributed by atoms with Crippen LogP contribution in [0.1, 0.15) is 43.8 Å². The fourth-order valence-corrected chi connectivity index (χ4v) is 3.73. The van der Waals surface area contributed by atoms with Crippen molar-refractivity contribution in [3.63, 3.8) is 0 Å². The van der Waals surface area contributed by atoms with Crippen LogP contribution in [0.3, 0.4) is 0 Å². The second-order valence-electron chi connectivity index (χ2n) is 6.87. The summed E-state index contributed by atoms with van der Waals surface area (Å²) in [6.07, 6.45) is 0.909. The first-order chi connectivity index (χ1) is 11.5. The molecule has 0 unspecified atom stereocenters. The normalized spacial score (nSPS) is 17.0. The number of urea groups is 1. The van der Waals surface area contributed by atoms with E-state index in [0.29, 0.717) is 5.92 Å². The standard InChI is InChI=1S/C20H27N3O/c1-5-16-8-6-7-9-17(16)21-20(24)23-13-12-22-15(4)10-11-18(22)19(23)14(2)3/h6-11,14,19H,5,12-13H2,1-4H3,(H,21,24)/t19-/m1/s1. The number of para-hydroxylation sites is 1. The third-order valence-electron chi connectivity index (χ3n) is 4.97. The fourth-order valence-electron chi connectivity index (χ4n) is 3.73. The van der Waals surface area contributed by atoms with Crippen LogP contribution in [0.25, 0.3) is 0 Å². The third kappa shape index (κ3) is 2.93. The van der Waals surface area contributed by atoms with Gasteiger partial charge in [0.05, 0.1) is 6.04 Å². The minimum atomic E-state index is -0.000275. The molecular weight excluding hydrogens is 298 g/mol. The highest BCUT2D eigenvalue weighted by molar-refractivity contribution is 5.90. The molecule has 0 radical (unpaired) electrons. The van der Waals surface area contributed by atoms with Gasteiger partial charge in [-0.25, -0.2) is 4.79 Å². The molecule has 0 spiro atoms. The Bertz CT molecular complexity index is 732. The van der Waals surface area contributed by atoms with Crippen molar-refractivity contribution >= 4 is 11.7 Å². The van der Waals surface area contributed by atoms with Crippen molar-refractivity contribution in [2.45, 2.75) is 46.7 Å². The van der Waals surface area contributed by atoms with Gasteiger partial charge in [-0.1, -0.05) is 39.0 Å². The number of aryl methyl sites for hydroxylation is 2. The first-order valence-electron chi connectivity index (χ1n) is 8.84. The van der Waals surface area contributed by atoms with Gasteiger partial charge in [-0.05, 0) is 43.0 Å². The van der Waals surface area contributed by atoms with Crippen LogP contribution in [0, 0.1) is 12.8 Å². The van der Waals surface area contributed by atoms with Crippen LogP contribution >= 0.6 is 0 Å². The summed E-state index contributed by atoms with van der Waals surface area (Å²) in [5.41, 5.74) is 4.60. The van der Waals surface area contributed by atoms with E-state index >= 15 is 0 Å². The molecule has 2 aromatic rings. The van der Waals surface area contributed by atoms with Crippen molar-refractivity contribution in [3.05, 3.63) is 53.3 Å². The average Bonchev–Trinajstić information content (AvgIpc) is 2.95. The van der Waals surface area contributed by atoms with Gasteiger partial charge in [-0.2, -0.15) is 0 Å². The summed E-state index contributed by atoms with van der Waals surface area (Å²) in [5.74, 6) is 0.366. The molecular formula is C20H27N3O. The molecule has 2 heterocycles. The lowest BCUT2D eigenvalue weighted by atomic mass is 9.97. The number of carbonyl (C=O) groups is 1. The summed E-state index contributed by atoms with van der Waals surface area (Å²) in [7, 11) is 0. The van der Waals surface area contributed by atoms with Crippen molar-refractivity contribution < 1.29 is 4.79 Å². The maximum Gasteiger partial charge on any atom is 0.322 e. The third-order valence-corrected chi connectivity index (χ3v) is 4.97. The minimum Gasteiger partial charge on any atom is -0.345 e. The highest BCUT2D eigenvalue weighted by Gasteiger charge is 2.33. The molecule has 1 aromatic heterocycles. The predicted molar refractivity (Wildman–Crippen MR) is 98.3 cm³/mol. The van der Waals surface area contributed by atoms with Gasteiger partial charge in [-0.3, -0.25) is 0 Å². The summed E-state index contributed by atoms with van der Waals surface area (Å²) in [4.78, 5) is 15.0. The van der Waals surface area contributed by atoms with Gasteiger partial charge in [0.25, 0.3) is 0 Å².